The van der Waals surface area contributed by atoms with E-state index >= 15 is 0 Å². The van der Waals surface area contributed by atoms with E-state index in [-0.39, 0.29) is 28.6 Å². The first-order chi connectivity index (χ1) is 30.8. The molecule has 6 fully saturated rings. The number of rotatable bonds is 13. The highest BCUT2D eigenvalue weighted by Crippen LogP contribution is 2.75. The lowest BCUT2D eigenvalue weighted by atomic mass is 9.37. The molecule has 0 spiro atoms. The average Bonchev–Trinajstić information content (AvgIpc) is 3.65. The Morgan fingerprint density at radius 3 is 1.80 bits per heavy atom. The topological polar surface area (TPSA) is 298 Å². The first kappa shape index (κ1) is 52.6. The summed E-state index contributed by atoms with van der Waals surface area (Å²) < 4.78 is 37.1. The van der Waals surface area contributed by atoms with Gasteiger partial charge >= 0.3 is 0 Å². The molecule has 3 saturated heterocycles. The normalized spacial score (nSPS) is 51.2. The Hall–Kier alpha value is -1.24. The molecule has 7 aliphatic rings. The van der Waals surface area contributed by atoms with E-state index in [2.05, 4.69) is 46.8 Å². The summed E-state index contributed by atoms with van der Waals surface area (Å²) >= 11 is 0. The summed E-state index contributed by atoms with van der Waals surface area (Å²) in [5.74, 6) is -0.360. The Bertz CT molecular complexity index is 1740. The van der Waals surface area contributed by atoms with Gasteiger partial charge in [-0.2, -0.15) is 0 Å². The predicted molar refractivity (Wildman–Crippen MR) is 234 cm³/mol. The molecule has 3 aliphatic heterocycles. The summed E-state index contributed by atoms with van der Waals surface area (Å²) in [6.07, 6.45) is -14.6. The maximum Gasteiger partial charge on any atom is 0.187 e. The first-order valence-electron chi connectivity index (χ1n) is 24.1. The highest BCUT2D eigenvalue weighted by atomic mass is 16.8. The highest BCUT2D eigenvalue weighted by Gasteiger charge is 2.71. The van der Waals surface area contributed by atoms with Crippen LogP contribution >= 0.6 is 0 Å². The fraction of sp³-hybridized carbons (Fsp3) is 0.917. The maximum absolute atomic E-state index is 12.6. The van der Waals surface area contributed by atoms with E-state index < -0.39 is 141 Å². The molecule has 3 heterocycles. The second-order valence-corrected chi connectivity index (χ2v) is 22.4. The molecule has 0 aromatic heterocycles. The van der Waals surface area contributed by atoms with Gasteiger partial charge in [0.05, 0.1) is 37.6 Å². The largest absolute Gasteiger partial charge is 0.394 e. The van der Waals surface area contributed by atoms with Crippen molar-refractivity contribution in [2.24, 2.45) is 39.4 Å². The second-order valence-electron chi connectivity index (χ2n) is 22.4. The van der Waals surface area contributed by atoms with Gasteiger partial charge in [-0.1, -0.05) is 57.9 Å². The van der Waals surface area contributed by atoms with Gasteiger partial charge in [-0.25, -0.2) is 0 Å². The molecule has 12 N–H and O–H groups in total. The van der Waals surface area contributed by atoms with Crippen LogP contribution in [0.4, 0.5) is 0 Å². The fourth-order valence-electron chi connectivity index (χ4n) is 14.1. The monoisotopic (exact) mass is 945 g/mol. The molecule has 18 heteroatoms. The zero-order valence-electron chi connectivity index (χ0n) is 39.8. The molecule has 66 heavy (non-hydrogen) atoms. The van der Waals surface area contributed by atoms with E-state index in [0.717, 1.165) is 24.0 Å². The lowest BCUT2D eigenvalue weighted by Gasteiger charge is -2.68. The lowest BCUT2D eigenvalue weighted by molar-refractivity contribution is -0.375. The van der Waals surface area contributed by atoms with Gasteiger partial charge in [0, 0.05) is 5.41 Å². The van der Waals surface area contributed by atoms with Gasteiger partial charge in [0.15, 0.2) is 18.9 Å². The van der Waals surface area contributed by atoms with Gasteiger partial charge in [0.2, 0.25) is 0 Å². The first-order valence-corrected chi connectivity index (χ1v) is 24.1. The van der Waals surface area contributed by atoms with Crippen LogP contribution in [-0.2, 0) is 28.4 Å². The third-order valence-electron chi connectivity index (χ3n) is 18.1. The molecule has 0 unspecified atom stereocenters. The molecule has 24 atom stereocenters. The zero-order valence-corrected chi connectivity index (χ0v) is 39.8. The standard InChI is InChI=1S/C48H80O18/c1-22(2)10-9-14-48(8,66-42-39(60)36(57)33(54)26(20-50)62-42)23-11-16-47(7)31(23)24(52)18-29-45(5)15-13-30(44(3,4)28(45)12-17-46(29,47)6)64-43-40(37(58)34(55)27(21-51)63-43)65-41-38(59)35(56)32(53)25(19-49)61-41/h10,12,23-27,29-43,49-60H,9,11,13-21H2,1-8H3/t23-,24-,25+,26-,27-,29-,30+,31+,32-,33-,34-,35+,36+,37+,38+,39+,40+,41+,42+,43+,45+,46-,47-,48+/m1/s1. The Morgan fingerprint density at radius 2 is 1.23 bits per heavy atom. The molecule has 3 saturated carbocycles. The van der Waals surface area contributed by atoms with Crippen LogP contribution in [-0.4, -0.2) is 191 Å². The zero-order chi connectivity index (χ0) is 48.6. The average molecular weight is 945 g/mol. The third-order valence-corrected chi connectivity index (χ3v) is 18.1. The van der Waals surface area contributed by atoms with Crippen LogP contribution in [0.1, 0.15) is 107 Å². The van der Waals surface area contributed by atoms with Crippen molar-refractivity contribution in [2.45, 2.75) is 217 Å². The van der Waals surface area contributed by atoms with E-state index in [9.17, 15) is 61.3 Å². The number of allylic oxidation sites excluding steroid dienone is 3. The van der Waals surface area contributed by atoms with Gasteiger partial charge < -0.3 is 89.7 Å². The van der Waals surface area contributed by atoms with E-state index in [0.29, 0.717) is 38.5 Å². The van der Waals surface area contributed by atoms with Gasteiger partial charge in [0.1, 0.15) is 73.2 Å². The molecule has 0 bridgehead atoms. The fourth-order valence-corrected chi connectivity index (χ4v) is 14.1. The van der Waals surface area contributed by atoms with Gasteiger partial charge in [-0.15, -0.1) is 0 Å². The van der Waals surface area contributed by atoms with Gasteiger partial charge in [-0.05, 0) is 106 Å². The summed E-state index contributed by atoms with van der Waals surface area (Å²) in [5, 5.41) is 129. The molecule has 0 aromatic carbocycles. The summed E-state index contributed by atoms with van der Waals surface area (Å²) in [6, 6.07) is 0. The van der Waals surface area contributed by atoms with E-state index in [1.165, 1.54) is 0 Å². The van der Waals surface area contributed by atoms with E-state index in [1.54, 1.807) is 0 Å². The van der Waals surface area contributed by atoms with Crippen molar-refractivity contribution in [3.63, 3.8) is 0 Å². The van der Waals surface area contributed by atoms with Crippen LogP contribution < -0.4 is 0 Å². The SMILES string of the molecule is CC(C)=CCC[C@](C)(O[C@@H]1O[C@H](CO)[C@@H](O)[C@H](O)[C@@H]1O)[C@@H]1CC[C@]2(C)[C@@H]1[C@H](O)C[C@@H]1[C@@]3(C)CC[C@H](O[C@@H]4O[C@H](CO)[C@@H](O)[C@H](O)[C@@H]4O[C@@H]4O[C@@H](CO)[C@@H](O)[C@H](O)[C@@H]4O)C(C)(C)C3=CC[C@]12C. The van der Waals surface area contributed by atoms with Crippen LogP contribution in [0.5, 0.6) is 0 Å². The lowest BCUT2D eigenvalue weighted by Crippen LogP contribution is -2.66. The number of fused-ring (bicyclic) bond motifs is 5. The Kier molecular flexibility index (Phi) is 15.5. The second kappa shape index (κ2) is 19.4. The van der Waals surface area contributed by atoms with Gasteiger partial charge in [0.25, 0.3) is 0 Å². The summed E-state index contributed by atoms with van der Waals surface area (Å²) in [6.45, 7) is 15.2. The van der Waals surface area contributed by atoms with Crippen LogP contribution in [0.15, 0.2) is 23.3 Å². The van der Waals surface area contributed by atoms with Crippen molar-refractivity contribution >= 4 is 0 Å². The molecule has 0 aromatic rings. The van der Waals surface area contributed by atoms with Crippen LogP contribution in [0.25, 0.3) is 0 Å². The van der Waals surface area contributed by atoms with E-state index in [4.69, 9.17) is 28.4 Å². The summed E-state index contributed by atoms with van der Waals surface area (Å²) in [4.78, 5) is 0. The van der Waals surface area contributed by atoms with Crippen molar-refractivity contribution in [3.8, 4) is 0 Å². The Labute approximate surface area is 388 Å². The number of ether oxygens (including phenoxy) is 6. The molecular weight excluding hydrogens is 865 g/mol. The minimum absolute atomic E-state index is 0.0347. The van der Waals surface area contributed by atoms with Crippen LogP contribution in [0.2, 0.25) is 0 Å². The van der Waals surface area contributed by atoms with Crippen molar-refractivity contribution < 1.29 is 89.7 Å². The van der Waals surface area contributed by atoms with E-state index in [1.807, 2.05) is 20.8 Å². The number of hydrogen-bond donors (Lipinski definition) is 12. The quantitative estimate of drug-likeness (QED) is 0.107. The smallest absolute Gasteiger partial charge is 0.187 e. The summed E-state index contributed by atoms with van der Waals surface area (Å²) in [7, 11) is 0. The number of aliphatic hydroxyl groups is 12. The third kappa shape index (κ3) is 8.71. The van der Waals surface area contributed by atoms with Crippen molar-refractivity contribution in [1.82, 2.24) is 0 Å². The highest BCUT2D eigenvalue weighted by molar-refractivity contribution is 5.34. The van der Waals surface area contributed by atoms with Gasteiger partial charge in [-0.3, -0.25) is 0 Å². The molecule has 4 aliphatic carbocycles. The van der Waals surface area contributed by atoms with Crippen molar-refractivity contribution in [2.75, 3.05) is 19.8 Å². The summed E-state index contributed by atoms with van der Waals surface area (Å²) in [5.41, 5.74) is -0.390. The van der Waals surface area contributed by atoms with Crippen LogP contribution in [0.3, 0.4) is 0 Å². The van der Waals surface area contributed by atoms with Crippen molar-refractivity contribution in [3.05, 3.63) is 23.3 Å². The Morgan fingerprint density at radius 1 is 0.682 bits per heavy atom. The number of hydrogen-bond acceptors (Lipinski definition) is 18. The molecule has 0 radical (unpaired) electrons. The molecule has 0 amide bonds. The van der Waals surface area contributed by atoms with Crippen molar-refractivity contribution in [1.29, 1.82) is 0 Å². The molecule has 18 nitrogen and oxygen atoms in total. The molecular formula is C48H80O18. The molecule has 380 valence electrons. The minimum atomic E-state index is -1.80. The predicted octanol–water partition coefficient (Wildman–Crippen LogP) is -0.107. The Balaban J connectivity index is 1.15. The maximum atomic E-state index is 12.6. The molecule has 7 rings (SSSR count). The van der Waals surface area contributed by atoms with Crippen LogP contribution in [0, 0.1) is 39.4 Å². The minimum Gasteiger partial charge on any atom is -0.394 e. The number of aliphatic hydroxyl groups excluding tert-OH is 12.